The molecule has 1 N–H and O–H groups in total. The van der Waals surface area contributed by atoms with Gasteiger partial charge in [0.2, 0.25) is 6.79 Å². The van der Waals surface area contributed by atoms with Crippen LogP contribution in [0.15, 0.2) is 42.5 Å². The number of fused-ring (bicyclic) bond motifs is 1. The minimum atomic E-state index is -0.203. The molecule has 1 aliphatic heterocycles. The van der Waals surface area contributed by atoms with Crippen LogP contribution in [0.25, 0.3) is 0 Å². The molecule has 0 spiro atoms. The summed E-state index contributed by atoms with van der Waals surface area (Å²) in [6.07, 6.45) is 0. The van der Waals surface area contributed by atoms with Crippen LogP contribution in [-0.4, -0.2) is 12.7 Å². The van der Waals surface area contributed by atoms with Crippen LogP contribution >= 0.6 is 11.6 Å². The summed E-state index contributed by atoms with van der Waals surface area (Å²) in [5, 5.41) is 3.36. The molecule has 0 bridgehead atoms. The lowest BCUT2D eigenvalue weighted by molar-refractivity contribution is 0.0940. The number of carbonyl (C=O) groups is 1. The predicted molar refractivity (Wildman–Crippen MR) is 79.9 cm³/mol. The number of ether oxygens (including phenoxy) is 2. The molecule has 1 atom stereocenters. The van der Waals surface area contributed by atoms with Gasteiger partial charge in [-0.05, 0) is 36.8 Å². The van der Waals surface area contributed by atoms with Crippen LogP contribution in [0.2, 0.25) is 5.02 Å². The molecule has 21 heavy (non-hydrogen) atoms. The third kappa shape index (κ3) is 2.81. The van der Waals surface area contributed by atoms with Crippen molar-refractivity contribution in [2.45, 2.75) is 13.0 Å². The van der Waals surface area contributed by atoms with Crippen molar-refractivity contribution in [3.05, 3.63) is 58.6 Å². The highest BCUT2D eigenvalue weighted by Gasteiger charge is 2.18. The minimum Gasteiger partial charge on any atom is -0.454 e. The standard InChI is InChI=1S/C16H14ClNO3/c1-10(11-6-7-14-15(8-11)21-9-20-14)18-16(19)12-4-2-3-5-13(12)17/h2-8,10H,9H2,1H3,(H,18,19). The van der Waals surface area contributed by atoms with Gasteiger partial charge in [0.15, 0.2) is 11.5 Å². The zero-order valence-electron chi connectivity index (χ0n) is 11.4. The number of hydrogen-bond donors (Lipinski definition) is 1. The van der Waals surface area contributed by atoms with Crippen LogP contribution in [0.3, 0.4) is 0 Å². The van der Waals surface area contributed by atoms with E-state index in [1.54, 1.807) is 24.3 Å². The third-order valence-corrected chi connectivity index (χ3v) is 3.69. The minimum absolute atomic E-state index is 0.164. The molecule has 1 aliphatic rings. The normalized spacial score (nSPS) is 13.8. The van der Waals surface area contributed by atoms with E-state index in [9.17, 15) is 4.79 Å². The van der Waals surface area contributed by atoms with Gasteiger partial charge in [-0.25, -0.2) is 0 Å². The van der Waals surface area contributed by atoms with E-state index in [1.165, 1.54) is 0 Å². The van der Waals surface area contributed by atoms with Crippen LogP contribution in [0.1, 0.15) is 28.9 Å². The molecule has 0 radical (unpaired) electrons. The molecule has 0 fully saturated rings. The highest BCUT2D eigenvalue weighted by Crippen LogP contribution is 2.34. The summed E-state index contributed by atoms with van der Waals surface area (Å²) >= 11 is 6.03. The molecule has 1 amide bonds. The van der Waals surface area contributed by atoms with E-state index in [1.807, 2.05) is 25.1 Å². The molecule has 0 aliphatic carbocycles. The molecular formula is C16H14ClNO3. The molecule has 3 rings (SSSR count). The number of hydrogen-bond acceptors (Lipinski definition) is 3. The van der Waals surface area contributed by atoms with E-state index in [0.717, 1.165) is 11.3 Å². The summed E-state index contributed by atoms with van der Waals surface area (Å²) in [4.78, 5) is 12.2. The molecule has 1 unspecified atom stereocenters. The van der Waals surface area contributed by atoms with Gasteiger partial charge in [-0.15, -0.1) is 0 Å². The summed E-state index contributed by atoms with van der Waals surface area (Å²) in [6.45, 7) is 2.14. The second-order valence-corrected chi connectivity index (χ2v) is 5.19. The maximum Gasteiger partial charge on any atom is 0.253 e. The number of rotatable bonds is 3. The van der Waals surface area contributed by atoms with Gasteiger partial charge in [-0.3, -0.25) is 4.79 Å². The van der Waals surface area contributed by atoms with Gasteiger partial charge >= 0.3 is 0 Å². The van der Waals surface area contributed by atoms with Gasteiger partial charge in [0.25, 0.3) is 5.91 Å². The lowest BCUT2D eigenvalue weighted by Crippen LogP contribution is -2.26. The molecule has 0 saturated heterocycles. The molecule has 0 saturated carbocycles. The molecule has 0 aromatic heterocycles. The van der Waals surface area contributed by atoms with Gasteiger partial charge in [0.05, 0.1) is 16.6 Å². The van der Waals surface area contributed by atoms with Crippen molar-refractivity contribution in [2.75, 3.05) is 6.79 Å². The zero-order chi connectivity index (χ0) is 14.8. The summed E-state index contributed by atoms with van der Waals surface area (Å²) in [6, 6.07) is 12.4. The molecule has 2 aromatic carbocycles. The number of nitrogens with one attached hydrogen (secondary N) is 1. The van der Waals surface area contributed by atoms with Crippen molar-refractivity contribution in [3.63, 3.8) is 0 Å². The van der Waals surface area contributed by atoms with Crippen LogP contribution in [0, 0.1) is 0 Å². The highest BCUT2D eigenvalue weighted by atomic mass is 35.5. The first-order chi connectivity index (χ1) is 10.1. The average Bonchev–Trinajstić information content (AvgIpc) is 2.94. The average molecular weight is 304 g/mol. The van der Waals surface area contributed by atoms with Crippen LogP contribution < -0.4 is 14.8 Å². The maximum absolute atomic E-state index is 12.2. The number of benzene rings is 2. The lowest BCUT2D eigenvalue weighted by Gasteiger charge is -2.15. The molecule has 5 heteroatoms. The Kier molecular flexibility index (Phi) is 3.71. The van der Waals surface area contributed by atoms with Gasteiger partial charge in [-0.1, -0.05) is 29.8 Å². The summed E-state index contributed by atoms with van der Waals surface area (Å²) in [7, 11) is 0. The summed E-state index contributed by atoms with van der Waals surface area (Å²) in [5.41, 5.74) is 1.41. The number of carbonyl (C=O) groups excluding carboxylic acids is 1. The van der Waals surface area contributed by atoms with Crippen molar-refractivity contribution in [1.82, 2.24) is 5.32 Å². The Morgan fingerprint density at radius 3 is 2.76 bits per heavy atom. The first kappa shape index (κ1) is 13.8. The number of halogens is 1. The largest absolute Gasteiger partial charge is 0.454 e. The molecular weight excluding hydrogens is 290 g/mol. The molecule has 1 heterocycles. The van der Waals surface area contributed by atoms with E-state index < -0.39 is 0 Å². The topological polar surface area (TPSA) is 47.6 Å². The Bertz CT molecular complexity index is 687. The van der Waals surface area contributed by atoms with Gasteiger partial charge in [-0.2, -0.15) is 0 Å². The van der Waals surface area contributed by atoms with Crippen LogP contribution in [0.5, 0.6) is 11.5 Å². The Morgan fingerprint density at radius 1 is 1.19 bits per heavy atom. The Morgan fingerprint density at radius 2 is 1.95 bits per heavy atom. The van der Waals surface area contributed by atoms with Gasteiger partial charge < -0.3 is 14.8 Å². The fourth-order valence-electron chi connectivity index (χ4n) is 2.19. The quantitative estimate of drug-likeness (QED) is 0.943. The smallest absolute Gasteiger partial charge is 0.253 e. The van der Waals surface area contributed by atoms with E-state index in [0.29, 0.717) is 16.3 Å². The predicted octanol–water partition coefficient (Wildman–Crippen LogP) is 3.56. The van der Waals surface area contributed by atoms with Crippen molar-refractivity contribution >= 4 is 17.5 Å². The van der Waals surface area contributed by atoms with E-state index in [2.05, 4.69) is 5.32 Å². The second-order valence-electron chi connectivity index (χ2n) is 4.79. The van der Waals surface area contributed by atoms with Crippen molar-refractivity contribution in [3.8, 4) is 11.5 Å². The van der Waals surface area contributed by atoms with E-state index in [4.69, 9.17) is 21.1 Å². The van der Waals surface area contributed by atoms with Crippen LogP contribution in [0.4, 0.5) is 0 Å². The van der Waals surface area contributed by atoms with Crippen molar-refractivity contribution < 1.29 is 14.3 Å². The van der Waals surface area contributed by atoms with E-state index >= 15 is 0 Å². The Hall–Kier alpha value is -2.20. The highest BCUT2D eigenvalue weighted by molar-refractivity contribution is 6.33. The molecule has 2 aromatic rings. The van der Waals surface area contributed by atoms with Crippen molar-refractivity contribution in [2.24, 2.45) is 0 Å². The number of amides is 1. The van der Waals surface area contributed by atoms with E-state index in [-0.39, 0.29) is 18.7 Å². The summed E-state index contributed by atoms with van der Waals surface area (Å²) in [5.74, 6) is 1.22. The first-order valence-corrected chi connectivity index (χ1v) is 6.98. The SMILES string of the molecule is CC(NC(=O)c1ccccc1Cl)c1ccc2c(c1)OCO2. The van der Waals surface area contributed by atoms with Crippen molar-refractivity contribution in [1.29, 1.82) is 0 Å². The van der Waals surface area contributed by atoms with Crippen LogP contribution in [-0.2, 0) is 0 Å². The fourth-order valence-corrected chi connectivity index (χ4v) is 2.41. The third-order valence-electron chi connectivity index (χ3n) is 3.36. The first-order valence-electron chi connectivity index (χ1n) is 6.60. The fraction of sp³-hybridized carbons (Fsp3) is 0.188. The Balaban J connectivity index is 1.76. The second kappa shape index (κ2) is 5.66. The molecule has 4 nitrogen and oxygen atoms in total. The van der Waals surface area contributed by atoms with Gasteiger partial charge in [0.1, 0.15) is 0 Å². The lowest BCUT2D eigenvalue weighted by atomic mass is 10.1. The summed E-state index contributed by atoms with van der Waals surface area (Å²) < 4.78 is 10.6. The molecule has 108 valence electrons. The van der Waals surface area contributed by atoms with Gasteiger partial charge in [0, 0.05) is 0 Å². The Labute approximate surface area is 127 Å². The maximum atomic E-state index is 12.2. The zero-order valence-corrected chi connectivity index (χ0v) is 12.2. The monoisotopic (exact) mass is 303 g/mol.